The summed E-state index contributed by atoms with van der Waals surface area (Å²) in [5, 5.41) is 2.91. The second-order valence-electron chi connectivity index (χ2n) is 7.81. The average molecular weight is 338 g/mol. The summed E-state index contributed by atoms with van der Waals surface area (Å²) in [7, 11) is 0. The summed E-state index contributed by atoms with van der Waals surface area (Å²) in [4.78, 5) is 11.2. The first kappa shape index (κ1) is 24.9. The number of hydrogen-bond acceptors (Lipinski definition) is 1. The summed E-state index contributed by atoms with van der Waals surface area (Å²) in [5.41, 5.74) is 1.37. The maximum atomic E-state index is 11.2. The number of benzene rings is 1. The van der Waals surface area contributed by atoms with Crippen LogP contribution in [0.3, 0.4) is 0 Å². The molecule has 1 rings (SSSR count). The Kier molecular flexibility index (Phi) is 14.6. The summed E-state index contributed by atoms with van der Waals surface area (Å²) in [6, 6.07) is 10.7. The van der Waals surface area contributed by atoms with Crippen LogP contribution in [0.5, 0.6) is 0 Å². The lowest BCUT2D eigenvalue weighted by Crippen LogP contribution is -2.40. The van der Waals surface area contributed by atoms with Crippen LogP contribution in [0.1, 0.15) is 82.1 Å². The van der Waals surface area contributed by atoms with Crippen molar-refractivity contribution in [3.05, 3.63) is 35.9 Å². The molecule has 1 N–H and O–H groups in total. The summed E-state index contributed by atoms with van der Waals surface area (Å²) in [5.74, 6) is 1.40. The lowest BCUT2D eigenvalue weighted by atomic mass is 10.0. The molecule has 142 valence electrons. The predicted octanol–water partition coefficient (Wildman–Crippen LogP) is 6.49. The van der Waals surface area contributed by atoms with E-state index in [1.165, 1.54) is 18.4 Å². The van der Waals surface area contributed by atoms with Crippen molar-refractivity contribution in [1.29, 1.82) is 0 Å². The van der Waals surface area contributed by atoms with E-state index in [1.807, 2.05) is 48.5 Å². The van der Waals surface area contributed by atoms with E-state index in [-0.39, 0.29) is 12.9 Å². The second kappa shape index (κ2) is 14.1. The molecular weight excluding hydrogens is 294 g/mol. The van der Waals surface area contributed by atoms with Gasteiger partial charge in [-0.25, -0.2) is 0 Å². The molecule has 0 aliphatic heterocycles. The topological polar surface area (TPSA) is 29.1 Å². The molecule has 0 radical (unpaired) electrons. The molecule has 0 atom stereocenters. The maximum absolute atomic E-state index is 11.2. The van der Waals surface area contributed by atoms with E-state index in [0.29, 0.717) is 12.3 Å². The minimum absolute atomic E-state index is 0. The quantitative estimate of drug-likeness (QED) is 0.653. The van der Waals surface area contributed by atoms with Crippen LogP contribution in [-0.4, -0.2) is 11.4 Å². The molecule has 0 aliphatic carbocycles. The Hall–Kier alpha value is -1.31. The Morgan fingerprint density at radius 3 is 1.88 bits per heavy atom. The first-order valence-corrected chi connectivity index (χ1v) is 9.45. The molecule has 2 nitrogen and oxygen atoms in total. The highest BCUT2D eigenvalue weighted by Crippen LogP contribution is 2.07. The van der Waals surface area contributed by atoms with E-state index in [0.717, 1.165) is 5.92 Å². The zero-order chi connectivity index (χ0) is 19.2. The van der Waals surface area contributed by atoms with Crippen molar-refractivity contribution in [2.75, 3.05) is 0 Å². The standard InChI is InChI=1S/C11H16.C9H19NO.C2H6.H2/c1-10(2)8-9-11-6-4-3-5-7-11;1-7(2)6-8(11)10-9(3,4)5;1-2;/h3-7,10H,8-9H2,1-2H3;7H,6H2,1-5H3,(H,10,11);1-2H3;1H. The molecule has 0 fully saturated rings. The molecule has 24 heavy (non-hydrogen) atoms. The van der Waals surface area contributed by atoms with Crippen LogP contribution >= 0.6 is 0 Å². The largest absolute Gasteiger partial charge is 0.352 e. The zero-order valence-corrected chi connectivity index (χ0v) is 17.6. The third-order valence-electron chi connectivity index (χ3n) is 2.96. The van der Waals surface area contributed by atoms with Gasteiger partial charge < -0.3 is 5.32 Å². The lowest BCUT2D eigenvalue weighted by Gasteiger charge is -2.21. The van der Waals surface area contributed by atoms with E-state index in [2.05, 4.69) is 49.5 Å². The van der Waals surface area contributed by atoms with Gasteiger partial charge in [0.2, 0.25) is 5.91 Å². The highest BCUT2D eigenvalue weighted by Gasteiger charge is 2.13. The van der Waals surface area contributed by atoms with Gasteiger partial charge in [-0.3, -0.25) is 4.79 Å². The van der Waals surface area contributed by atoms with E-state index in [1.54, 1.807) is 0 Å². The van der Waals surface area contributed by atoms with Crippen LogP contribution in [0, 0.1) is 11.8 Å². The Morgan fingerprint density at radius 1 is 1.00 bits per heavy atom. The van der Waals surface area contributed by atoms with Crippen molar-refractivity contribution >= 4 is 5.91 Å². The first-order chi connectivity index (χ1) is 11.1. The molecule has 0 saturated carbocycles. The number of amides is 1. The molecule has 1 aromatic rings. The lowest BCUT2D eigenvalue weighted by molar-refractivity contribution is -0.123. The number of carbonyl (C=O) groups is 1. The van der Waals surface area contributed by atoms with Gasteiger partial charge in [0.1, 0.15) is 0 Å². The van der Waals surface area contributed by atoms with E-state index >= 15 is 0 Å². The molecule has 0 aromatic heterocycles. The van der Waals surface area contributed by atoms with Crippen LogP contribution in [0.4, 0.5) is 0 Å². The van der Waals surface area contributed by atoms with Crippen LogP contribution in [-0.2, 0) is 11.2 Å². The van der Waals surface area contributed by atoms with Gasteiger partial charge in [0.05, 0.1) is 0 Å². The zero-order valence-electron chi connectivity index (χ0n) is 17.6. The fraction of sp³-hybridized carbons (Fsp3) is 0.682. The van der Waals surface area contributed by atoms with Gasteiger partial charge >= 0.3 is 0 Å². The number of nitrogens with one attached hydrogen (secondary N) is 1. The number of carbonyl (C=O) groups excluding carboxylic acids is 1. The fourth-order valence-electron chi connectivity index (χ4n) is 1.94. The minimum Gasteiger partial charge on any atom is -0.352 e. The molecule has 0 saturated heterocycles. The van der Waals surface area contributed by atoms with Gasteiger partial charge in [-0.15, -0.1) is 0 Å². The van der Waals surface area contributed by atoms with E-state index < -0.39 is 0 Å². The molecule has 0 unspecified atom stereocenters. The molecule has 1 aromatic carbocycles. The van der Waals surface area contributed by atoms with Gasteiger partial charge in [-0.05, 0) is 51.0 Å². The van der Waals surface area contributed by atoms with Crippen molar-refractivity contribution in [3.63, 3.8) is 0 Å². The number of rotatable bonds is 5. The van der Waals surface area contributed by atoms with Crippen LogP contribution < -0.4 is 5.32 Å². The van der Waals surface area contributed by atoms with Gasteiger partial charge in [-0.2, -0.15) is 0 Å². The van der Waals surface area contributed by atoms with Crippen LogP contribution in [0.25, 0.3) is 0 Å². The van der Waals surface area contributed by atoms with Crippen LogP contribution in [0.2, 0.25) is 0 Å². The summed E-state index contributed by atoms with van der Waals surface area (Å²) in [6.07, 6.45) is 3.14. The van der Waals surface area contributed by atoms with Crippen LogP contribution in [0.15, 0.2) is 30.3 Å². The molecule has 2 heteroatoms. The first-order valence-electron chi connectivity index (χ1n) is 9.45. The Labute approximate surface area is 152 Å². The monoisotopic (exact) mass is 337 g/mol. The van der Waals surface area contributed by atoms with E-state index in [9.17, 15) is 4.79 Å². The Morgan fingerprint density at radius 2 is 1.50 bits per heavy atom. The van der Waals surface area contributed by atoms with Gasteiger partial charge in [0.25, 0.3) is 0 Å². The molecular formula is C22H43NO. The smallest absolute Gasteiger partial charge is 0.220 e. The Balaban J connectivity index is -0.000000340. The number of aryl methyl sites for hydroxylation is 1. The predicted molar refractivity (Wildman–Crippen MR) is 110 cm³/mol. The second-order valence-corrected chi connectivity index (χ2v) is 7.81. The molecule has 0 bridgehead atoms. The summed E-state index contributed by atoms with van der Waals surface area (Å²) >= 11 is 0. The maximum Gasteiger partial charge on any atom is 0.220 e. The molecule has 1 amide bonds. The average Bonchev–Trinajstić information content (AvgIpc) is 2.46. The normalized spacial score (nSPS) is 10.5. The third-order valence-corrected chi connectivity index (χ3v) is 2.96. The third kappa shape index (κ3) is 18.7. The SMILES string of the molecule is CC.CC(C)CC(=O)NC(C)(C)C.CC(C)CCc1ccccc1.[HH]. The minimum atomic E-state index is -0.0913. The van der Waals surface area contributed by atoms with E-state index in [4.69, 9.17) is 0 Å². The fourth-order valence-corrected chi connectivity index (χ4v) is 1.94. The highest BCUT2D eigenvalue weighted by atomic mass is 16.1. The van der Waals surface area contributed by atoms with Crippen molar-refractivity contribution in [2.24, 2.45) is 11.8 Å². The molecule has 0 heterocycles. The summed E-state index contributed by atoms with van der Waals surface area (Å²) in [6.45, 7) is 18.6. The van der Waals surface area contributed by atoms with Gasteiger partial charge in [-0.1, -0.05) is 71.9 Å². The van der Waals surface area contributed by atoms with Crippen molar-refractivity contribution in [2.45, 2.75) is 87.1 Å². The van der Waals surface area contributed by atoms with Gasteiger partial charge in [0, 0.05) is 13.4 Å². The Bertz CT molecular complexity index is 408. The molecule has 0 spiro atoms. The molecule has 0 aliphatic rings. The van der Waals surface area contributed by atoms with Crippen molar-refractivity contribution in [1.82, 2.24) is 5.32 Å². The van der Waals surface area contributed by atoms with Gasteiger partial charge in [0.15, 0.2) is 0 Å². The number of hydrogen-bond donors (Lipinski definition) is 1. The summed E-state index contributed by atoms with van der Waals surface area (Å²) < 4.78 is 0. The van der Waals surface area contributed by atoms with Crippen molar-refractivity contribution < 1.29 is 6.22 Å². The van der Waals surface area contributed by atoms with Crippen molar-refractivity contribution in [3.8, 4) is 0 Å². The highest BCUT2D eigenvalue weighted by molar-refractivity contribution is 5.76.